The molecule has 0 saturated carbocycles. The first kappa shape index (κ1) is 21.3. The SMILES string of the molecule is CCCCCCC(CCCC)COC(=O)N(CCC)CCC. The minimum atomic E-state index is -0.112. The lowest BCUT2D eigenvalue weighted by Crippen LogP contribution is -2.34. The second-order valence-electron chi connectivity index (χ2n) is 6.42. The van der Waals surface area contributed by atoms with Gasteiger partial charge in [0.15, 0.2) is 0 Å². The van der Waals surface area contributed by atoms with E-state index in [1.807, 2.05) is 4.90 Å². The molecule has 0 aliphatic carbocycles. The van der Waals surface area contributed by atoms with Crippen LogP contribution >= 0.6 is 0 Å². The monoisotopic (exact) mass is 313 g/mol. The molecule has 1 amide bonds. The Morgan fingerprint density at radius 1 is 0.818 bits per heavy atom. The Hall–Kier alpha value is -0.730. The van der Waals surface area contributed by atoms with E-state index in [2.05, 4.69) is 27.7 Å². The lowest BCUT2D eigenvalue weighted by Gasteiger charge is -2.23. The highest BCUT2D eigenvalue weighted by Gasteiger charge is 2.16. The van der Waals surface area contributed by atoms with Crippen LogP contribution < -0.4 is 0 Å². The van der Waals surface area contributed by atoms with Crippen LogP contribution in [-0.2, 0) is 4.74 Å². The number of ether oxygens (including phenoxy) is 1. The van der Waals surface area contributed by atoms with Gasteiger partial charge in [0.2, 0.25) is 0 Å². The fourth-order valence-corrected chi connectivity index (χ4v) is 2.78. The van der Waals surface area contributed by atoms with Gasteiger partial charge in [-0.25, -0.2) is 4.79 Å². The van der Waals surface area contributed by atoms with Gasteiger partial charge in [-0.3, -0.25) is 0 Å². The second kappa shape index (κ2) is 15.2. The molecule has 0 spiro atoms. The standard InChI is InChI=1S/C19H39NO2/c1-5-9-11-12-14-18(13-10-6-2)17-22-19(21)20(15-7-3)16-8-4/h18H,5-17H2,1-4H3. The first-order valence-corrected chi connectivity index (χ1v) is 9.61. The Kier molecular flexibility index (Phi) is 14.7. The average molecular weight is 314 g/mol. The molecule has 0 fully saturated rings. The van der Waals surface area contributed by atoms with Crippen LogP contribution in [0.5, 0.6) is 0 Å². The molecule has 0 aromatic carbocycles. The van der Waals surface area contributed by atoms with Crippen molar-refractivity contribution in [3.63, 3.8) is 0 Å². The molecule has 1 atom stereocenters. The van der Waals surface area contributed by atoms with Crippen LogP contribution in [0.15, 0.2) is 0 Å². The van der Waals surface area contributed by atoms with Crippen LogP contribution in [0.3, 0.4) is 0 Å². The summed E-state index contributed by atoms with van der Waals surface area (Å²) >= 11 is 0. The van der Waals surface area contributed by atoms with E-state index in [1.165, 1.54) is 51.4 Å². The van der Waals surface area contributed by atoms with Gasteiger partial charge < -0.3 is 9.64 Å². The summed E-state index contributed by atoms with van der Waals surface area (Å²) in [5.41, 5.74) is 0. The zero-order valence-corrected chi connectivity index (χ0v) is 15.5. The van der Waals surface area contributed by atoms with Gasteiger partial charge in [-0.1, -0.05) is 66.2 Å². The van der Waals surface area contributed by atoms with Crippen LogP contribution in [0.25, 0.3) is 0 Å². The van der Waals surface area contributed by atoms with Crippen LogP contribution in [0.4, 0.5) is 4.79 Å². The number of carbonyl (C=O) groups excluding carboxylic acids is 1. The zero-order chi connectivity index (χ0) is 16.6. The maximum absolute atomic E-state index is 12.2. The summed E-state index contributed by atoms with van der Waals surface area (Å²) in [6.07, 6.45) is 11.9. The molecule has 3 heteroatoms. The van der Waals surface area contributed by atoms with Gasteiger partial charge in [0.1, 0.15) is 0 Å². The molecule has 3 nitrogen and oxygen atoms in total. The van der Waals surface area contributed by atoms with Crippen molar-refractivity contribution in [1.29, 1.82) is 0 Å². The quantitative estimate of drug-likeness (QED) is 0.367. The normalized spacial score (nSPS) is 12.2. The van der Waals surface area contributed by atoms with E-state index in [4.69, 9.17) is 4.74 Å². The van der Waals surface area contributed by atoms with E-state index in [0.717, 1.165) is 25.9 Å². The van der Waals surface area contributed by atoms with Crippen molar-refractivity contribution in [2.24, 2.45) is 5.92 Å². The predicted octanol–water partition coefficient (Wildman–Crippen LogP) is 6.02. The molecule has 0 heterocycles. The molecule has 1 unspecified atom stereocenters. The first-order chi connectivity index (χ1) is 10.7. The van der Waals surface area contributed by atoms with Crippen LogP contribution in [0.2, 0.25) is 0 Å². The van der Waals surface area contributed by atoms with E-state index in [9.17, 15) is 4.79 Å². The molecule has 22 heavy (non-hydrogen) atoms. The molecule has 0 aromatic rings. The smallest absolute Gasteiger partial charge is 0.409 e. The van der Waals surface area contributed by atoms with Gasteiger partial charge in [0.25, 0.3) is 0 Å². The predicted molar refractivity (Wildman–Crippen MR) is 95.3 cm³/mol. The fourth-order valence-electron chi connectivity index (χ4n) is 2.78. The number of carbonyl (C=O) groups is 1. The minimum Gasteiger partial charge on any atom is -0.449 e. The molecular weight excluding hydrogens is 274 g/mol. The maximum atomic E-state index is 12.2. The molecule has 0 saturated heterocycles. The molecule has 0 bridgehead atoms. The summed E-state index contributed by atoms with van der Waals surface area (Å²) in [4.78, 5) is 14.0. The number of hydrogen-bond donors (Lipinski definition) is 0. The maximum Gasteiger partial charge on any atom is 0.409 e. The third-order valence-corrected chi connectivity index (χ3v) is 4.12. The van der Waals surface area contributed by atoms with Crippen LogP contribution in [-0.4, -0.2) is 30.7 Å². The van der Waals surface area contributed by atoms with Crippen LogP contribution in [0.1, 0.15) is 91.9 Å². The molecule has 0 radical (unpaired) electrons. The van der Waals surface area contributed by atoms with Gasteiger partial charge in [-0.05, 0) is 31.6 Å². The van der Waals surface area contributed by atoms with Crippen molar-refractivity contribution >= 4 is 6.09 Å². The number of unbranched alkanes of at least 4 members (excludes halogenated alkanes) is 4. The molecule has 0 N–H and O–H groups in total. The number of nitrogens with zero attached hydrogens (tertiary/aromatic N) is 1. The molecule has 0 aliphatic heterocycles. The lowest BCUT2D eigenvalue weighted by atomic mass is 9.96. The van der Waals surface area contributed by atoms with Crippen molar-refractivity contribution in [2.45, 2.75) is 91.9 Å². The Labute approximate surface area is 138 Å². The van der Waals surface area contributed by atoms with Gasteiger partial charge in [0, 0.05) is 13.1 Å². The Morgan fingerprint density at radius 2 is 1.41 bits per heavy atom. The fraction of sp³-hybridized carbons (Fsp3) is 0.947. The van der Waals surface area contributed by atoms with Crippen molar-refractivity contribution in [1.82, 2.24) is 4.90 Å². The average Bonchev–Trinajstić information content (AvgIpc) is 2.52. The topological polar surface area (TPSA) is 29.5 Å². The molecular formula is C19H39NO2. The summed E-state index contributed by atoms with van der Waals surface area (Å²) in [6.45, 7) is 10.9. The second-order valence-corrected chi connectivity index (χ2v) is 6.42. The first-order valence-electron chi connectivity index (χ1n) is 9.61. The van der Waals surface area contributed by atoms with Gasteiger partial charge >= 0.3 is 6.09 Å². The Morgan fingerprint density at radius 3 is 1.95 bits per heavy atom. The summed E-state index contributed by atoms with van der Waals surface area (Å²) < 4.78 is 5.61. The van der Waals surface area contributed by atoms with Gasteiger partial charge in [0.05, 0.1) is 6.61 Å². The van der Waals surface area contributed by atoms with E-state index >= 15 is 0 Å². The summed E-state index contributed by atoms with van der Waals surface area (Å²) in [6, 6.07) is 0. The van der Waals surface area contributed by atoms with E-state index in [0.29, 0.717) is 12.5 Å². The van der Waals surface area contributed by atoms with Crippen molar-refractivity contribution in [2.75, 3.05) is 19.7 Å². The molecule has 0 aromatic heterocycles. The molecule has 132 valence electrons. The van der Waals surface area contributed by atoms with E-state index in [1.54, 1.807) is 0 Å². The largest absolute Gasteiger partial charge is 0.449 e. The summed E-state index contributed by atoms with van der Waals surface area (Å²) in [5.74, 6) is 0.547. The van der Waals surface area contributed by atoms with Gasteiger partial charge in [-0.15, -0.1) is 0 Å². The zero-order valence-electron chi connectivity index (χ0n) is 15.5. The minimum absolute atomic E-state index is 0.112. The molecule has 0 rings (SSSR count). The third kappa shape index (κ3) is 10.9. The Balaban J connectivity index is 4.18. The van der Waals surface area contributed by atoms with Crippen molar-refractivity contribution in [3.8, 4) is 0 Å². The third-order valence-electron chi connectivity index (χ3n) is 4.12. The number of amides is 1. The molecule has 0 aliphatic rings. The van der Waals surface area contributed by atoms with E-state index in [-0.39, 0.29) is 6.09 Å². The number of rotatable bonds is 14. The highest BCUT2D eigenvalue weighted by molar-refractivity contribution is 5.67. The van der Waals surface area contributed by atoms with Crippen LogP contribution in [0, 0.1) is 5.92 Å². The van der Waals surface area contributed by atoms with E-state index < -0.39 is 0 Å². The Bertz CT molecular complexity index is 250. The number of hydrogen-bond acceptors (Lipinski definition) is 2. The van der Waals surface area contributed by atoms with Crippen molar-refractivity contribution < 1.29 is 9.53 Å². The summed E-state index contributed by atoms with van der Waals surface area (Å²) in [7, 11) is 0. The lowest BCUT2D eigenvalue weighted by molar-refractivity contribution is 0.0833. The summed E-state index contributed by atoms with van der Waals surface area (Å²) in [5, 5.41) is 0. The highest BCUT2D eigenvalue weighted by atomic mass is 16.6. The van der Waals surface area contributed by atoms with Gasteiger partial charge in [-0.2, -0.15) is 0 Å². The van der Waals surface area contributed by atoms with Crippen molar-refractivity contribution in [3.05, 3.63) is 0 Å². The highest BCUT2D eigenvalue weighted by Crippen LogP contribution is 2.18.